The van der Waals surface area contributed by atoms with Crippen LogP contribution in [-0.4, -0.2) is 42.4 Å². The second-order valence-electron chi connectivity index (χ2n) is 5.40. The van der Waals surface area contributed by atoms with Gasteiger partial charge in [0, 0.05) is 25.4 Å². The van der Waals surface area contributed by atoms with Crippen molar-refractivity contribution in [2.75, 3.05) is 20.8 Å². The van der Waals surface area contributed by atoms with Gasteiger partial charge >= 0.3 is 5.97 Å². The van der Waals surface area contributed by atoms with Crippen molar-refractivity contribution in [1.29, 1.82) is 0 Å². The van der Waals surface area contributed by atoms with Gasteiger partial charge in [0.05, 0.1) is 13.3 Å². The number of esters is 1. The van der Waals surface area contributed by atoms with Crippen LogP contribution in [0, 0.1) is 0 Å². The van der Waals surface area contributed by atoms with E-state index in [0.717, 1.165) is 11.1 Å². The van der Waals surface area contributed by atoms with Gasteiger partial charge in [0.15, 0.2) is 6.61 Å². The number of hydrogen-bond acceptors (Lipinski definition) is 6. The number of aromatic nitrogens is 2. The smallest absolute Gasteiger partial charge is 0.343 e. The molecule has 1 aromatic carbocycles. The molecule has 0 saturated heterocycles. The summed E-state index contributed by atoms with van der Waals surface area (Å²) in [5.74, 6) is -0.0713. The number of halogens is 1. The van der Waals surface area contributed by atoms with Gasteiger partial charge in [-0.05, 0) is 24.7 Å². The lowest BCUT2D eigenvalue weighted by molar-refractivity contribution is -0.142. The molecule has 9 heteroatoms. The average Bonchev–Trinajstić information content (AvgIpc) is 3.05. The summed E-state index contributed by atoms with van der Waals surface area (Å²) in [5.41, 5.74) is 1.65. The summed E-state index contributed by atoms with van der Waals surface area (Å²) < 4.78 is 11.5. The molecule has 2 aromatic rings. The van der Waals surface area contributed by atoms with Crippen molar-refractivity contribution in [2.45, 2.75) is 12.6 Å². The van der Waals surface area contributed by atoms with Crippen LogP contribution in [0.4, 0.5) is 0 Å². The summed E-state index contributed by atoms with van der Waals surface area (Å²) >= 11 is 0. The molecule has 0 aliphatic carbocycles. The summed E-state index contributed by atoms with van der Waals surface area (Å²) in [7, 11) is 4.82. The normalized spacial score (nSPS) is 11.2. The molecule has 1 heterocycles. The molecule has 0 bridgehead atoms. The quantitative estimate of drug-likeness (QED) is 0.661. The number of carbonyl (C=O) groups is 2. The van der Waals surface area contributed by atoms with Crippen molar-refractivity contribution < 1.29 is 19.1 Å². The Morgan fingerprint density at radius 2 is 2.12 bits per heavy atom. The third kappa shape index (κ3) is 6.05. The van der Waals surface area contributed by atoms with Gasteiger partial charge < -0.3 is 20.1 Å². The number of benzene rings is 1. The molecule has 1 aromatic heterocycles. The first kappa shape index (κ1) is 21.5. The molecule has 0 spiro atoms. The van der Waals surface area contributed by atoms with Gasteiger partial charge in [0.1, 0.15) is 11.8 Å². The number of nitrogens with zero attached hydrogens (tertiary/aromatic N) is 2. The minimum atomic E-state index is -0.479. The Labute approximate surface area is 158 Å². The fraction of sp³-hybridized carbons (Fsp3) is 0.353. The summed E-state index contributed by atoms with van der Waals surface area (Å²) in [6.07, 6.45) is 3.45. The summed E-state index contributed by atoms with van der Waals surface area (Å²) in [6, 6.07) is 6.68. The minimum Gasteiger partial charge on any atom is -0.482 e. The summed E-state index contributed by atoms with van der Waals surface area (Å²) in [6.45, 7) is 0.182. The van der Waals surface area contributed by atoms with Crippen molar-refractivity contribution in [3.63, 3.8) is 0 Å². The maximum absolute atomic E-state index is 12.4. The Morgan fingerprint density at radius 1 is 1.35 bits per heavy atom. The van der Waals surface area contributed by atoms with Crippen molar-refractivity contribution >= 4 is 24.3 Å². The largest absolute Gasteiger partial charge is 0.482 e. The van der Waals surface area contributed by atoms with Crippen LogP contribution in [0.5, 0.6) is 5.75 Å². The highest BCUT2D eigenvalue weighted by atomic mass is 35.5. The fourth-order valence-corrected chi connectivity index (χ4v) is 2.28. The number of aryl methyl sites for hydroxylation is 1. The molecule has 2 N–H and O–H groups in total. The van der Waals surface area contributed by atoms with Gasteiger partial charge in [-0.3, -0.25) is 9.48 Å². The summed E-state index contributed by atoms with van der Waals surface area (Å²) in [4.78, 5) is 23.5. The molecule has 142 valence electrons. The number of nitrogens with one attached hydrogen (secondary N) is 2. The van der Waals surface area contributed by atoms with E-state index in [-0.39, 0.29) is 24.9 Å². The number of methoxy groups -OCH3 is 1. The van der Waals surface area contributed by atoms with Gasteiger partial charge in [-0.2, -0.15) is 5.10 Å². The zero-order valence-electron chi connectivity index (χ0n) is 14.9. The number of rotatable bonds is 8. The molecular weight excluding hydrogens is 360 g/mol. The predicted octanol–water partition coefficient (Wildman–Crippen LogP) is 0.971. The van der Waals surface area contributed by atoms with Gasteiger partial charge in [0.25, 0.3) is 0 Å². The van der Waals surface area contributed by atoms with E-state index in [4.69, 9.17) is 4.74 Å². The standard InChI is InChI=1S/C17H22N4O4.ClH/c1-18-16(13-9-20-21(2)10-13)17(23)19-8-12-5-4-6-14(7-12)25-11-15(22)24-3;/h4-7,9-10,16,18H,8,11H2,1-3H3,(H,19,23);1H. The second kappa shape index (κ2) is 10.4. The first-order chi connectivity index (χ1) is 12.0. The van der Waals surface area contributed by atoms with E-state index in [9.17, 15) is 9.59 Å². The average molecular weight is 383 g/mol. The van der Waals surface area contributed by atoms with Crippen LogP contribution >= 0.6 is 12.4 Å². The van der Waals surface area contributed by atoms with E-state index < -0.39 is 12.0 Å². The topological polar surface area (TPSA) is 94.5 Å². The molecule has 1 atom stereocenters. The van der Waals surface area contributed by atoms with Crippen LogP contribution in [0.1, 0.15) is 17.2 Å². The van der Waals surface area contributed by atoms with Crippen molar-refractivity contribution in [2.24, 2.45) is 7.05 Å². The molecule has 0 aliphatic rings. The highest BCUT2D eigenvalue weighted by Crippen LogP contribution is 2.15. The Hall–Kier alpha value is -2.58. The van der Waals surface area contributed by atoms with Crippen LogP contribution in [0.3, 0.4) is 0 Å². The first-order valence-electron chi connectivity index (χ1n) is 7.75. The Kier molecular flexibility index (Phi) is 8.60. The van der Waals surface area contributed by atoms with Crippen LogP contribution in [0.25, 0.3) is 0 Å². The molecule has 0 saturated carbocycles. The molecule has 1 amide bonds. The van der Waals surface area contributed by atoms with Gasteiger partial charge in [-0.15, -0.1) is 12.4 Å². The minimum absolute atomic E-state index is 0. The van der Waals surface area contributed by atoms with Gasteiger partial charge in [0.2, 0.25) is 5.91 Å². The van der Waals surface area contributed by atoms with Crippen molar-refractivity contribution in [3.05, 3.63) is 47.8 Å². The number of ether oxygens (including phenoxy) is 2. The fourth-order valence-electron chi connectivity index (χ4n) is 2.28. The van der Waals surface area contributed by atoms with E-state index in [2.05, 4.69) is 20.5 Å². The molecule has 2 rings (SSSR count). The summed E-state index contributed by atoms with van der Waals surface area (Å²) in [5, 5.41) is 9.93. The van der Waals surface area contributed by atoms with E-state index in [1.807, 2.05) is 6.07 Å². The molecule has 1 unspecified atom stereocenters. The van der Waals surface area contributed by atoms with E-state index >= 15 is 0 Å². The third-order valence-corrected chi connectivity index (χ3v) is 3.56. The van der Waals surface area contributed by atoms with Crippen LogP contribution in [0.15, 0.2) is 36.7 Å². The zero-order chi connectivity index (χ0) is 18.2. The second-order valence-corrected chi connectivity index (χ2v) is 5.40. The number of carbonyl (C=O) groups excluding carboxylic acids is 2. The van der Waals surface area contributed by atoms with Crippen LogP contribution in [0.2, 0.25) is 0 Å². The van der Waals surface area contributed by atoms with Crippen LogP contribution < -0.4 is 15.4 Å². The maximum Gasteiger partial charge on any atom is 0.343 e. The number of hydrogen-bond donors (Lipinski definition) is 2. The van der Waals surface area contributed by atoms with Crippen molar-refractivity contribution in [1.82, 2.24) is 20.4 Å². The molecule has 0 radical (unpaired) electrons. The van der Waals surface area contributed by atoms with Gasteiger partial charge in [-0.1, -0.05) is 12.1 Å². The third-order valence-electron chi connectivity index (χ3n) is 3.56. The van der Waals surface area contributed by atoms with E-state index in [1.54, 1.807) is 49.4 Å². The lowest BCUT2D eigenvalue weighted by Gasteiger charge is -2.15. The number of likely N-dealkylation sites (N-methyl/N-ethyl adjacent to an activating group) is 1. The van der Waals surface area contributed by atoms with Crippen LogP contribution in [-0.2, 0) is 27.9 Å². The SMILES string of the molecule is CNC(C(=O)NCc1cccc(OCC(=O)OC)c1)c1cnn(C)c1.Cl. The van der Waals surface area contributed by atoms with E-state index in [0.29, 0.717) is 12.3 Å². The lowest BCUT2D eigenvalue weighted by atomic mass is 10.1. The monoisotopic (exact) mass is 382 g/mol. The maximum atomic E-state index is 12.4. The lowest BCUT2D eigenvalue weighted by Crippen LogP contribution is -2.35. The molecule has 0 fully saturated rings. The van der Waals surface area contributed by atoms with Crippen molar-refractivity contribution in [3.8, 4) is 5.75 Å². The molecule has 0 aliphatic heterocycles. The highest BCUT2D eigenvalue weighted by Gasteiger charge is 2.19. The Morgan fingerprint density at radius 3 is 2.73 bits per heavy atom. The number of amides is 1. The Bertz CT molecular complexity index is 735. The Balaban J connectivity index is 0.00000338. The molecule has 26 heavy (non-hydrogen) atoms. The predicted molar refractivity (Wildman–Crippen MR) is 98.1 cm³/mol. The van der Waals surface area contributed by atoms with E-state index in [1.165, 1.54) is 7.11 Å². The highest BCUT2D eigenvalue weighted by molar-refractivity contribution is 5.85. The molecule has 8 nitrogen and oxygen atoms in total. The van der Waals surface area contributed by atoms with Gasteiger partial charge in [-0.25, -0.2) is 4.79 Å². The zero-order valence-corrected chi connectivity index (χ0v) is 15.7. The molecular formula is C17H23ClN4O4. The first-order valence-corrected chi connectivity index (χ1v) is 7.75.